The smallest absolute Gasteiger partial charge is 0.328 e. The van der Waals surface area contributed by atoms with E-state index in [1.807, 2.05) is 0 Å². The number of amides is 2. The molecule has 0 saturated heterocycles. The van der Waals surface area contributed by atoms with Crippen molar-refractivity contribution >= 4 is 23.8 Å². The Hall–Kier alpha value is -2.30. The molecular formula is C16H22N2O3. The zero-order chi connectivity index (χ0) is 15.7. The molecule has 0 bridgehead atoms. The van der Waals surface area contributed by atoms with Gasteiger partial charge in [0.2, 0.25) is 0 Å². The van der Waals surface area contributed by atoms with E-state index in [0.717, 1.165) is 37.4 Å². The molecule has 2 N–H and O–H groups in total. The highest BCUT2D eigenvalue weighted by atomic mass is 16.4. The van der Waals surface area contributed by atoms with Crippen LogP contribution in [0.1, 0.15) is 31.7 Å². The fourth-order valence-corrected chi connectivity index (χ4v) is 1.76. The Balaban J connectivity index is 2.51. The van der Waals surface area contributed by atoms with E-state index in [-0.39, 0.29) is 6.03 Å². The van der Waals surface area contributed by atoms with Gasteiger partial charge >= 0.3 is 12.0 Å². The molecule has 1 rings (SSSR count). The van der Waals surface area contributed by atoms with Gasteiger partial charge in [-0.25, -0.2) is 9.59 Å². The van der Waals surface area contributed by atoms with Crippen LogP contribution in [0.25, 0.3) is 6.08 Å². The lowest BCUT2D eigenvalue weighted by Gasteiger charge is -2.17. The molecule has 0 aliphatic carbocycles. The maximum absolute atomic E-state index is 11.9. The SMILES string of the molecule is CCCCCN(C)C(=O)Nc1ccc(/C=C/C(=O)O)cc1. The maximum atomic E-state index is 11.9. The van der Waals surface area contributed by atoms with Gasteiger partial charge in [-0.1, -0.05) is 31.9 Å². The van der Waals surface area contributed by atoms with E-state index < -0.39 is 5.97 Å². The molecule has 0 aliphatic rings. The second-order valence-electron chi connectivity index (χ2n) is 4.85. The summed E-state index contributed by atoms with van der Waals surface area (Å²) in [5.74, 6) is -0.985. The lowest BCUT2D eigenvalue weighted by Crippen LogP contribution is -2.32. The normalized spacial score (nSPS) is 10.6. The summed E-state index contributed by atoms with van der Waals surface area (Å²) in [6.07, 6.45) is 5.82. The molecule has 0 saturated carbocycles. The Kier molecular flexibility index (Phi) is 7.01. The van der Waals surface area contributed by atoms with Gasteiger partial charge in [-0.15, -0.1) is 0 Å². The van der Waals surface area contributed by atoms with Gasteiger partial charge in [-0.05, 0) is 30.2 Å². The van der Waals surface area contributed by atoms with Crippen molar-refractivity contribution < 1.29 is 14.7 Å². The highest BCUT2D eigenvalue weighted by Gasteiger charge is 2.07. The van der Waals surface area contributed by atoms with Gasteiger partial charge in [0.15, 0.2) is 0 Å². The summed E-state index contributed by atoms with van der Waals surface area (Å²) in [5.41, 5.74) is 1.46. The third-order valence-corrected chi connectivity index (χ3v) is 3.02. The van der Waals surface area contributed by atoms with Crippen LogP contribution in [0, 0.1) is 0 Å². The van der Waals surface area contributed by atoms with E-state index in [4.69, 9.17) is 5.11 Å². The van der Waals surface area contributed by atoms with Crippen molar-refractivity contribution in [2.75, 3.05) is 18.9 Å². The maximum Gasteiger partial charge on any atom is 0.328 e. The summed E-state index contributed by atoms with van der Waals surface area (Å²) >= 11 is 0. The van der Waals surface area contributed by atoms with Gasteiger partial charge in [0.1, 0.15) is 0 Å². The standard InChI is InChI=1S/C16H22N2O3/c1-3-4-5-12-18(2)16(21)17-14-9-6-13(7-10-14)8-11-15(19)20/h6-11H,3-5,12H2,1-2H3,(H,17,21)(H,19,20)/b11-8+. The Morgan fingerprint density at radius 3 is 2.48 bits per heavy atom. The molecule has 0 radical (unpaired) electrons. The fraction of sp³-hybridized carbons (Fsp3) is 0.375. The van der Waals surface area contributed by atoms with E-state index in [1.54, 1.807) is 36.2 Å². The van der Waals surface area contributed by atoms with Crippen LogP contribution in [-0.4, -0.2) is 35.6 Å². The fourth-order valence-electron chi connectivity index (χ4n) is 1.76. The molecule has 5 heteroatoms. The summed E-state index contributed by atoms with van der Waals surface area (Å²) in [5, 5.41) is 11.4. The lowest BCUT2D eigenvalue weighted by molar-refractivity contribution is -0.131. The van der Waals surface area contributed by atoms with E-state index >= 15 is 0 Å². The molecule has 114 valence electrons. The Morgan fingerprint density at radius 2 is 1.90 bits per heavy atom. The molecule has 0 spiro atoms. The first-order valence-corrected chi connectivity index (χ1v) is 7.06. The Labute approximate surface area is 125 Å². The molecule has 0 atom stereocenters. The number of hydrogen-bond acceptors (Lipinski definition) is 2. The van der Waals surface area contributed by atoms with Gasteiger partial charge in [-0.2, -0.15) is 0 Å². The first-order valence-electron chi connectivity index (χ1n) is 7.06. The molecule has 0 heterocycles. The van der Waals surface area contributed by atoms with Gasteiger partial charge in [0, 0.05) is 25.4 Å². The topological polar surface area (TPSA) is 69.6 Å². The van der Waals surface area contributed by atoms with Crippen molar-refractivity contribution in [3.8, 4) is 0 Å². The summed E-state index contributed by atoms with van der Waals surface area (Å²) in [7, 11) is 1.77. The predicted molar refractivity (Wildman–Crippen MR) is 84.3 cm³/mol. The van der Waals surface area contributed by atoms with E-state index in [9.17, 15) is 9.59 Å². The number of nitrogens with one attached hydrogen (secondary N) is 1. The highest BCUT2D eigenvalue weighted by molar-refractivity contribution is 5.89. The third kappa shape index (κ3) is 6.61. The Morgan fingerprint density at radius 1 is 1.24 bits per heavy atom. The van der Waals surface area contributed by atoms with Crippen molar-refractivity contribution in [3.05, 3.63) is 35.9 Å². The van der Waals surface area contributed by atoms with Gasteiger partial charge in [0.25, 0.3) is 0 Å². The van der Waals surface area contributed by atoms with Crippen molar-refractivity contribution in [2.24, 2.45) is 0 Å². The zero-order valence-corrected chi connectivity index (χ0v) is 12.5. The van der Waals surface area contributed by atoms with Crippen LogP contribution in [0.3, 0.4) is 0 Å². The van der Waals surface area contributed by atoms with Crippen LogP contribution in [0.4, 0.5) is 10.5 Å². The third-order valence-electron chi connectivity index (χ3n) is 3.02. The summed E-state index contributed by atoms with van der Waals surface area (Å²) in [6.45, 7) is 2.86. The molecule has 2 amide bonds. The average molecular weight is 290 g/mol. The molecule has 5 nitrogen and oxygen atoms in total. The first-order chi connectivity index (χ1) is 10.0. The number of urea groups is 1. The molecule has 0 aromatic heterocycles. The van der Waals surface area contributed by atoms with Crippen LogP contribution in [0.15, 0.2) is 30.3 Å². The van der Waals surface area contributed by atoms with Crippen LogP contribution in [0.5, 0.6) is 0 Å². The molecule has 1 aromatic rings. The number of hydrogen-bond donors (Lipinski definition) is 2. The van der Waals surface area contributed by atoms with Crippen LogP contribution in [-0.2, 0) is 4.79 Å². The highest BCUT2D eigenvalue weighted by Crippen LogP contribution is 2.11. The number of nitrogens with zero attached hydrogens (tertiary/aromatic N) is 1. The number of benzene rings is 1. The molecule has 1 aromatic carbocycles. The minimum Gasteiger partial charge on any atom is -0.478 e. The summed E-state index contributed by atoms with van der Waals surface area (Å²) in [6, 6.07) is 6.87. The minimum absolute atomic E-state index is 0.139. The number of aliphatic carboxylic acids is 1. The second-order valence-corrected chi connectivity index (χ2v) is 4.85. The number of carboxylic acids is 1. The largest absolute Gasteiger partial charge is 0.478 e. The van der Waals surface area contributed by atoms with E-state index in [0.29, 0.717) is 5.69 Å². The summed E-state index contributed by atoms with van der Waals surface area (Å²) in [4.78, 5) is 24.0. The molecule has 0 aliphatic heterocycles. The minimum atomic E-state index is -0.985. The van der Waals surface area contributed by atoms with E-state index in [1.165, 1.54) is 6.08 Å². The van der Waals surface area contributed by atoms with Crippen LogP contribution in [0.2, 0.25) is 0 Å². The predicted octanol–water partition coefficient (Wildman–Crippen LogP) is 3.44. The molecule has 21 heavy (non-hydrogen) atoms. The number of carbonyl (C=O) groups is 2. The Bertz CT molecular complexity index is 495. The number of rotatable bonds is 7. The number of unbranched alkanes of at least 4 members (excludes halogenated alkanes) is 2. The number of anilines is 1. The summed E-state index contributed by atoms with van der Waals surface area (Å²) < 4.78 is 0. The van der Waals surface area contributed by atoms with Crippen molar-refractivity contribution in [2.45, 2.75) is 26.2 Å². The number of carboxylic acid groups (broad SMARTS) is 1. The lowest BCUT2D eigenvalue weighted by atomic mass is 10.2. The van der Waals surface area contributed by atoms with E-state index in [2.05, 4.69) is 12.2 Å². The number of carbonyl (C=O) groups excluding carboxylic acids is 1. The van der Waals surface area contributed by atoms with Crippen molar-refractivity contribution in [1.82, 2.24) is 4.90 Å². The second kappa shape index (κ2) is 8.79. The zero-order valence-electron chi connectivity index (χ0n) is 12.5. The van der Waals surface area contributed by atoms with Crippen LogP contribution < -0.4 is 5.32 Å². The first kappa shape index (κ1) is 16.8. The molecular weight excluding hydrogens is 268 g/mol. The van der Waals surface area contributed by atoms with Crippen molar-refractivity contribution in [1.29, 1.82) is 0 Å². The van der Waals surface area contributed by atoms with Crippen LogP contribution >= 0.6 is 0 Å². The monoisotopic (exact) mass is 290 g/mol. The van der Waals surface area contributed by atoms with Gasteiger partial charge in [0.05, 0.1) is 0 Å². The molecule has 0 fully saturated rings. The van der Waals surface area contributed by atoms with Gasteiger partial charge < -0.3 is 15.3 Å². The quantitative estimate of drug-likeness (QED) is 0.597. The van der Waals surface area contributed by atoms with Crippen molar-refractivity contribution in [3.63, 3.8) is 0 Å². The molecule has 0 unspecified atom stereocenters. The average Bonchev–Trinajstić information content (AvgIpc) is 2.46. The van der Waals surface area contributed by atoms with Gasteiger partial charge in [-0.3, -0.25) is 0 Å².